The Morgan fingerprint density at radius 1 is 1.08 bits per heavy atom. The first-order chi connectivity index (χ1) is 5.63. The van der Waals surface area contributed by atoms with Gasteiger partial charge in [0, 0.05) is 8.07 Å². The second-order valence-corrected chi connectivity index (χ2v) is 16.6. The van der Waals surface area contributed by atoms with Crippen molar-refractivity contribution in [3.8, 4) is 0 Å². The maximum atomic E-state index is 4.14. The fourth-order valence-corrected chi connectivity index (χ4v) is 2.25. The molecule has 0 saturated carbocycles. The van der Waals surface area contributed by atoms with Crippen LogP contribution in [-0.4, -0.2) is 16.1 Å². The molecule has 0 aromatic rings. The lowest BCUT2D eigenvalue weighted by molar-refractivity contribution is 1.50. The van der Waals surface area contributed by atoms with Crippen molar-refractivity contribution >= 4 is 16.1 Å². The molecule has 0 aliphatic rings. The standard InChI is InChI=1S/C11H24Si2/c1-11(13(5,6)7)9-8-10-12(2,3)4/h8-9H,1,10H2,2-7H3/b9-8-. The van der Waals surface area contributed by atoms with Crippen molar-refractivity contribution in [1.82, 2.24) is 0 Å². The molecule has 76 valence electrons. The first-order valence-electron chi connectivity index (χ1n) is 4.99. The third-order valence-corrected chi connectivity index (χ3v) is 5.57. The summed E-state index contributed by atoms with van der Waals surface area (Å²) in [7, 11) is -2.02. The van der Waals surface area contributed by atoms with Gasteiger partial charge in [0.05, 0.1) is 8.07 Å². The van der Waals surface area contributed by atoms with Crippen LogP contribution in [0, 0.1) is 0 Å². The molecule has 0 amide bonds. The minimum Gasteiger partial charge on any atom is -0.0998 e. The molecule has 0 N–H and O–H groups in total. The largest absolute Gasteiger partial charge is 0.0998 e. The fourth-order valence-electron chi connectivity index (χ4n) is 0.805. The van der Waals surface area contributed by atoms with Crippen LogP contribution in [0.2, 0.25) is 45.3 Å². The van der Waals surface area contributed by atoms with Crippen LogP contribution in [0.4, 0.5) is 0 Å². The monoisotopic (exact) mass is 212 g/mol. The summed E-state index contributed by atoms with van der Waals surface area (Å²) < 4.78 is 0. The molecule has 2 heteroatoms. The zero-order valence-corrected chi connectivity index (χ0v) is 12.1. The SMILES string of the molecule is C=C(/C=C\C[Si](C)(C)C)[Si](C)(C)C. The smallest absolute Gasteiger partial charge is 0.0767 e. The maximum Gasteiger partial charge on any atom is 0.0767 e. The van der Waals surface area contributed by atoms with Crippen molar-refractivity contribution in [1.29, 1.82) is 0 Å². The second kappa shape index (κ2) is 4.42. The van der Waals surface area contributed by atoms with Crippen LogP contribution >= 0.6 is 0 Å². The van der Waals surface area contributed by atoms with Crippen LogP contribution in [0.25, 0.3) is 0 Å². The summed E-state index contributed by atoms with van der Waals surface area (Å²) in [5.74, 6) is 0. The summed E-state index contributed by atoms with van der Waals surface area (Å²) in [4.78, 5) is 0. The van der Waals surface area contributed by atoms with E-state index in [1.54, 1.807) is 0 Å². The van der Waals surface area contributed by atoms with E-state index in [1.165, 1.54) is 11.2 Å². The highest BCUT2D eigenvalue weighted by Crippen LogP contribution is 2.15. The van der Waals surface area contributed by atoms with E-state index in [4.69, 9.17) is 0 Å². The fraction of sp³-hybridized carbons (Fsp3) is 0.636. The molecule has 0 nitrogen and oxygen atoms in total. The van der Waals surface area contributed by atoms with E-state index in [1.807, 2.05) is 0 Å². The van der Waals surface area contributed by atoms with Gasteiger partial charge in [-0.25, -0.2) is 0 Å². The summed E-state index contributed by atoms with van der Waals surface area (Å²) in [5, 5.41) is 1.37. The maximum absolute atomic E-state index is 4.14. The van der Waals surface area contributed by atoms with Crippen LogP contribution in [0.15, 0.2) is 23.9 Å². The minimum absolute atomic E-state index is 0.896. The molecule has 0 spiro atoms. The molecule has 0 heterocycles. The summed E-state index contributed by atoms with van der Waals surface area (Å²) in [5.41, 5.74) is 0. The van der Waals surface area contributed by atoms with Gasteiger partial charge in [0.1, 0.15) is 0 Å². The number of rotatable bonds is 4. The van der Waals surface area contributed by atoms with E-state index in [2.05, 4.69) is 58.0 Å². The summed E-state index contributed by atoms with van der Waals surface area (Å²) in [6.07, 6.45) is 4.58. The van der Waals surface area contributed by atoms with Gasteiger partial charge in [-0.2, -0.15) is 0 Å². The van der Waals surface area contributed by atoms with Gasteiger partial charge in [-0.1, -0.05) is 63.2 Å². The van der Waals surface area contributed by atoms with E-state index in [9.17, 15) is 0 Å². The Morgan fingerprint density at radius 2 is 1.54 bits per heavy atom. The van der Waals surface area contributed by atoms with E-state index in [0.717, 1.165) is 0 Å². The molecule has 0 atom stereocenters. The van der Waals surface area contributed by atoms with Crippen LogP contribution in [0.3, 0.4) is 0 Å². The van der Waals surface area contributed by atoms with Gasteiger partial charge in [0.15, 0.2) is 0 Å². The molecule has 0 aliphatic carbocycles. The Balaban J connectivity index is 4.09. The molecule has 0 aromatic heterocycles. The van der Waals surface area contributed by atoms with Crippen LogP contribution in [0.5, 0.6) is 0 Å². The first-order valence-corrected chi connectivity index (χ1v) is 12.2. The predicted molar refractivity (Wildman–Crippen MR) is 69.8 cm³/mol. The molecule has 0 unspecified atom stereocenters. The molecule has 0 fully saturated rings. The number of hydrogen-bond donors (Lipinski definition) is 0. The quantitative estimate of drug-likeness (QED) is 0.481. The first kappa shape index (κ1) is 12.9. The van der Waals surface area contributed by atoms with Crippen molar-refractivity contribution < 1.29 is 0 Å². The van der Waals surface area contributed by atoms with Gasteiger partial charge in [0.25, 0.3) is 0 Å². The van der Waals surface area contributed by atoms with E-state index in [0.29, 0.717) is 0 Å². The molecular formula is C11H24Si2. The zero-order chi connectivity index (χ0) is 10.7. The molecule has 0 aliphatic heterocycles. The van der Waals surface area contributed by atoms with Crippen molar-refractivity contribution in [2.45, 2.75) is 45.3 Å². The molecule has 0 bridgehead atoms. The van der Waals surface area contributed by atoms with E-state index >= 15 is 0 Å². The lowest BCUT2D eigenvalue weighted by Gasteiger charge is -2.17. The Bertz CT molecular complexity index is 201. The second-order valence-electron chi connectivity index (χ2n) is 5.94. The number of hydrogen-bond acceptors (Lipinski definition) is 0. The highest BCUT2D eigenvalue weighted by molar-refractivity contribution is 6.83. The third kappa shape index (κ3) is 7.02. The summed E-state index contributed by atoms with van der Waals surface area (Å²) in [6.45, 7) is 18.4. The Kier molecular flexibility index (Phi) is 4.39. The van der Waals surface area contributed by atoms with Crippen molar-refractivity contribution in [2.75, 3.05) is 0 Å². The lowest BCUT2D eigenvalue weighted by Crippen LogP contribution is -2.22. The molecule has 13 heavy (non-hydrogen) atoms. The van der Waals surface area contributed by atoms with Crippen LogP contribution in [0.1, 0.15) is 0 Å². The normalized spacial score (nSPS) is 13.7. The molecular weight excluding hydrogens is 188 g/mol. The third-order valence-electron chi connectivity index (χ3n) is 2.01. The average Bonchev–Trinajstić information content (AvgIpc) is 1.82. The van der Waals surface area contributed by atoms with Crippen molar-refractivity contribution in [3.05, 3.63) is 23.9 Å². The van der Waals surface area contributed by atoms with E-state index in [-0.39, 0.29) is 0 Å². The van der Waals surface area contributed by atoms with Gasteiger partial charge < -0.3 is 0 Å². The van der Waals surface area contributed by atoms with Gasteiger partial charge in [-0.05, 0) is 6.04 Å². The topological polar surface area (TPSA) is 0 Å². The van der Waals surface area contributed by atoms with Gasteiger partial charge >= 0.3 is 0 Å². The predicted octanol–water partition coefficient (Wildman–Crippen LogP) is 4.31. The van der Waals surface area contributed by atoms with Crippen molar-refractivity contribution in [3.63, 3.8) is 0 Å². The van der Waals surface area contributed by atoms with Crippen LogP contribution in [-0.2, 0) is 0 Å². The van der Waals surface area contributed by atoms with E-state index < -0.39 is 16.1 Å². The molecule has 0 rings (SSSR count). The number of allylic oxidation sites excluding steroid dienone is 3. The Morgan fingerprint density at radius 3 is 1.85 bits per heavy atom. The Hall–Kier alpha value is -0.0862. The van der Waals surface area contributed by atoms with Gasteiger partial charge in [0.2, 0.25) is 0 Å². The zero-order valence-electron chi connectivity index (χ0n) is 10.1. The highest BCUT2D eigenvalue weighted by atomic mass is 28.3. The average molecular weight is 212 g/mol. The van der Waals surface area contributed by atoms with Crippen LogP contribution < -0.4 is 0 Å². The molecule has 0 radical (unpaired) electrons. The Labute approximate surface area is 85.8 Å². The molecule has 0 aromatic carbocycles. The van der Waals surface area contributed by atoms with Gasteiger partial charge in [-0.15, -0.1) is 0 Å². The van der Waals surface area contributed by atoms with Crippen molar-refractivity contribution in [2.24, 2.45) is 0 Å². The summed E-state index contributed by atoms with van der Waals surface area (Å²) >= 11 is 0. The summed E-state index contributed by atoms with van der Waals surface area (Å²) in [6, 6.07) is 1.27. The molecule has 0 saturated heterocycles. The highest BCUT2D eigenvalue weighted by Gasteiger charge is 2.15. The van der Waals surface area contributed by atoms with Gasteiger partial charge in [-0.3, -0.25) is 0 Å². The minimum atomic E-state index is -1.12. The lowest BCUT2D eigenvalue weighted by atomic mass is 10.5.